The molecule has 2 N–H and O–H groups in total. The molecule has 1 saturated heterocycles. The molecule has 0 bridgehead atoms. The van der Waals surface area contributed by atoms with E-state index in [4.69, 9.17) is 15.5 Å². The Bertz CT molecular complexity index is 611. The van der Waals surface area contributed by atoms with Crippen LogP contribution in [0.15, 0.2) is 29.3 Å². The molecule has 2 aliphatic rings. The Labute approximate surface area is 185 Å². The number of nitrogens with zero attached hydrogens (tertiary/aromatic N) is 3. The number of hydrogen-bond donors (Lipinski definition) is 1. The lowest BCUT2D eigenvalue weighted by Gasteiger charge is -2.37. The molecule has 1 aromatic carbocycles. The highest BCUT2D eigenvalue weighted by Crippen LogP contribution is 2.41. The van der Waals surface area contributed by atoms with Crippen LogP contribution in [0.4, 0.5) is 10.1 Å². The average molecular weight is 504 g/mol. The van der Waals surface area contributed by atoms with Gasteiger partial charge in [0.15, 0.2) is 5.96 Å². The predicted octanol–water partition coefficient (Wildman–Crippen LogP) is 3.87. The van der Waals surface area contributed by atoms with Gasteiger partial charge in [-0.25, -0.2) is 4.39 Å². The van der Waals surface area contributed by atoms with Gasteiger partial charge in [-0.3, -0.25) is 4.99 Å². The van der Waals surface area contributed by atoms with Gasteiger partial charge in [-0.05, 0) is 55.9 Å². The molecular formula is C21H34FIN4O. The molecule has 7 heteroatoms. The lowest BCUT2D eigenvalue weighted by molar-refractivity contribution is 0.107. The molecule has 0 amide bonds. The maximum atomic E-state index is 13.1. The van der Waals surface area contributed by atoms with Crippen LogP contribution in [0, 0.1) is 11.2 Å². The third kappa shape index (κ3) is 6.20. The molecule has 2 fully saturated rings. The maximum Gasteiger partial charge on any atom is 0.191 e. The van der Waals surface area contributed by atoms with Gasteiger partial charge in [0, 0.05) is 51.6 Å². The summed E-state index contributed by atoms with van der Waals surface area (Å²) in [6.07, 6.45) is 6.12. The number of aliphatic imine (C=N–C) groups is 1. The fourth-order valence-electron chi connectivity index (χ4n) is 4.24. The zero-order valence-electron chi connectivity index (χ0n) is 16.9. The lowest BCUT2D eigenvalue weighted by Crippen LogP contribution is -2.51. The van der Waals surface area contributed by atoms with Crippen molar-refractivity contribution in [3.8, 4) is 0 Å². The summed E-state index contributed by atoms with van der Waals surface area (Å²) in [6.45, 7) is 7.89. The van der Waals surface area contributed by atoms with Crippen LogP contribution in [0.25, 0.3) is 0 Å². The Morgan fingerprint density at radius 1 is 1.14 bits per heavy atom. The first kappa shape index (κ1) is 23.2. The Morgan fingerprint density at radius 3 is 2.39 bits per heavy atom. The van der Waals surface area contributed by atoms with Crippen LogP contribution < -0.4 is 10.6 Å². The normalized spacial score (nSPS) is 19.6. The van der Waals surface area contributed by atoms with E-state index in [-0.39, 0.29) is 35.2 Å². The Morgan fingerprint density at radius 2 is 1.79 bits per heavy atom. The first-order valence-electron chi connectivity index (χ1n) is 10.2. The molecule has 0 atom stereocenters. The number of benzene rings is 1. The van der Waals surface area contributed by atoms with Gasteiger partial charge < -0.3 is 20.3 Å². The van der Waals surface area contributed by atoms with Gasteiger partial charge in [-0.2, -0.15) is 0 Å². The molecule has 1 aromatic rings. The fourth-order valence-corrected chi connectivity index (χ4v) is 4.24. The minimum Gasteiger partial charge on any atom is -0.382 e. The number of anilines is 1. The first-order valence-corrected chi connectivity index (χ1v) is 10.2. The number of nitrogens with two attached hydrogens (primary N) is 1. The summed E-state index contributed by atoms with van der Waals surface area (Å²) in [5.74, 6) is 0.468. The topological polar surface area (TPSA) is 54.1 Å². The minimum atomic E-state index is -0.195. The second kappa shape index (κ2) is 11.2. The molecule has 1 aliphatic heterocycles. The summed E-state index contributed by atoms with van der Waals surface area (Å²) >= 11 is 0. The number of halogens is 2. The fraction of sp³-hybridized carbons (Fsp3) is 0.667. The lowest BCUT2D eigenvalue weighted by atomic mass is 9.83. The van der Waals surface area contributed by atoms with Crippen molar-refractivity contribution in [3.63, 3.8) is 0 Å². The van der Waals surface area contributed by atoms with Crippen LogP contribution in [0.5, 0.6) is 0 Å². The minimum absolute atomic E-state index is 0. The molecule has 1 aliphatic carbocycles. The van der Waals surface area contributed by atoms with E-state index in [1.165, 1.54) is 37.8 Å². The van der Waals surface area contributed by atoms with Crippen molar-refractivity contribution in [1.29, 1.82) is 0 Å². The van der Waals surface area contributed by atoms with Crippen molar-refractivity contribution >= 4 is 35.6 Å². The van der Waals surface area contributed by atoms with Gasteiger partial charge in [0.25, 0.3) is 0 Å². The van der Waals surface area contributed by atoms with Crippen molar-refractivity contribution < 1.29 is 9.13 Å². The van der Waals surface area contributed by atoms with Crippen molar-refractivity contribution in [2.45, 2.75) is 39.0 Å². The number of guanidine groups is 1. The molecular weight excluding hydrogens is 470 g/mol. The highest BCUT2D eigenvalue weighted by Gasteiger charge is 2.33. The zero-order chi connectivity index (χ0) is 19.1. The molecule has 0 unspecified atom stereocenters. The third-order valence-corrected chi connectivity index (χ3v) is 6.02. The molecule has 3 rings (SSSR count). The van der Waals surface area contributed by atoms with Gasteiger partial charge in [-0.1, -0.05) is 12.8 Å². The first-order chi connectivity index (χ1) is 13.1. The third-order valence-electron chi connectivity index (χ3n) is 6.02. The van der Waals surface area contributed by atoms with E-state index in [0.29, 0.717) is 5.96 Å². The number of rotatable bonds is 7. The molecule has 158 valence electrons. The van der Waals surface area contributed by atoms with E-state index in [1.807, 2.05) is 19.1 Å². The van der Waals surface area contributed by atoms with E-state index in [0.717, 1.165) is 58.0 Å². The molecule has 0 spiro atoms. The predicted molar refractivity (Wildman–Crippen MR) is 124 cm³/mol. The summed E-state index contributed by atoms with van der Waals surface area (Å²) < 4.78 is 18.7. The van der Waals surface area contributed by atoms with E-state index in [1.54, 1.807) is 0 Å². The summed E-state index contributed by atoms with van der Waals surface area (Å²) in [7, 11) is 0. The molecule has 0 radical (unpaired) electrons. The zero-order valence-corrected chi connectivity index (χ0v) is 19.2. The molecule has 1 heterocycles. The summed E-state index contributed by atoms with van der Waals surface area (Å²) in [6, 6.07) is 6.71. The van der Waals surface area contributed by atoms with E-state index >= 15 is 0 Å². The van der Waals surface area contributed by atoms with Crippen LogP contribution >= 0.6 is 24.0 Å². The van der Waals surface area contributed by atoms with Crippen molar-refractivity contribution in [1.82, 2.24) is 4.90 Å². The van der Waals surface area contributed by atoms with E-state index in [9.17, 15) is 4.39 Å². The molecule has 0 aromatic heterocycles. The summed E-state index contributed by atoms with van der Waals surface area (Å²) in [4.78, 5) is 9.23. The van der Waals surface area contributed by atoms with Crippen molar-refractivity contribution in [3.05, 3.63) is 30.1 Å². The number of ether oxygens (including phenoxy) is 1. The smallest absolute Gasteiger partial charge is 0.191 e. The van der Waals surface area contributed by atoms with Gasteiger partial charge in [-0.15, -0.1) is 24.0 Å². The van der Waals surface area contributed by atoms with Crippen LogP contribution in [0.3, 0.4) is 0 Å². The second-order valence-electron chi connectivity index (χ2n) is 7.78. The monoisotopic (exact) mass is 504 g/mol. The van der Waals surface area contributed by atoms with Crippen LogP contribution in [-0.4, -0.2) is 56.8 Å². The van der Waals surface area contributed by atoms with Gasteiger partial charge >= 0.3 is 0 Å². The van der Waals surface area contributed by atoms with Gasteiger partial charge in [0.1, 0.15) is 5.82 Å². The van der Waals surface area contributed by atoms with Crippen LogP contribution in [-0.2, 0) is 4.74 Å². The Kier molecular flexibility index (Phi) is 9.27. The van der Waals surface area contributed by atoms with Crippen molar-refractivity contribution in [2.75, 3.05) is 50.8 Å². The van der Waals surface area contributed by atoms with Gasteiger partial charge in [0.05, 0.1) is 0 Å². The van der Waals surface area contributed by atoms with Gasteiger partial charge in [0.2, 0.25) is 0 Å². The number of hydrogen-bond acceptors (Lipinski definition) is 3. The highest BCUT2D eigenvalue weighted by molar-refractivity contribution is 14.0. The van der Waals surface area contributed by atoms with E-state index in [2.05, 4.69) is 9.80 Å². The Balaban J connectivity index is 0.00000280. The standard InChI is InChI=1S/C21H33FN4O.HI/c1-2-27-16-11-21(9-3-4-10-21)17-24-20(23)26-14-12-25(13-15-26)19-7-5-18(22)6-8-19;/h5-8H,2-4,9-17H2,1H3,(H2,23,24);1H. The second-order valence-corrected chi connectivity index (χ2v) is 7.78. The maximum absolute atomic E-state index is 13.1. The van der Waals surface area contributed by atoms with Crippen LogP contribution in [0.1, 0.15) is 39.0 Å². The molecule has 5 nitrogen and oxygen atoms in total. The van der Waals surface area contributed by atoms with E-state index < -0.39 is 0 Å². The number of piperazine rings is 1. The molecule has 1 saturated carbocycles. The highest BCUT2D eigenvalue weighted by atomic mass is 127. The molecule has 28 heavy (non-hydrogen) atoms. The summed E-state index contributed by atoms with van der Waals surface area (Å²) in [5.41, 5.74) is 7.66. The summed E-state index contributed by atoms with van der Waals surface area (Å²) in [5, 5.41) is 0. The SMILES string of the molecule is CCOCCC1(CN=C(N)N2CCN(c3ccc(F)cc3)CC2)CCCC1.I. The quantitative estimate of drug-likeness (QED) is 0.265. The Hall–Kier alpha value is -1.09. The van der Waals surface area contributed by atoms with Crippen LogP contribution in [0.2, 0.25) is 0 Å². The largest absolute Gasteiger partial charge is 0.382 e. The van der Waals surface area contributed by atoms with Crippen molar-refractivity contribution in [2.24, 2.45) is 16.1 Å². The average Bonchev–Trinajstić information content (AvgIpc) is 3.16.